The molecule has 0 amide bonds. The minimum absolute atomic E-state index is 0. The van der Waals surface area contributed by atoms with Gasteiger partial charge in [0.1, 0.15) is 0 Å². The fraction of sp³-hybridized carbons (Fsp3) is 1.00. The number of aliphatic hydroxyl groups excluding tert-OH is 1. The minimum Gasteiger partial charge on any atom is -0.748 e. The van der Waals surface area contributed by atoms with Crippen molar-refractivity contribution in [2.45, 2.75) is 154 Å². The molecule has 0 heterocycles. The Balaban J connectivity index is 0. The van der Waals surface area contributed by atoms with Crippen molar-refractivity contribution < 1.29 is 69.5 Å². The molecule has 0 aliphatic carbocycles. The second kappa shape index (κ2) is 23.7. The van der Waals surface area contributed by atoms with Gasteiger partial charge in [-0.05, 0) is 25.7 Å². The molecule has 0 aromatic rings. The standard InChI is InChI=1S/C24H50O4S.K/c1-3-5-7-8-9-10-11-12-13-14-15-16-21-24(29(26,27)28)22-18-17-20-23(25)19-6-4-2;/h23-25H,3-22H2,1-2H3,(H,26,27,28);/q;+1/p-1. The van der Waals surface area contributed by atoms with Gasteiger partial charge in [-0.15, -0.1) is 0 Å². The molecular weight excluding hydrogens is 423 g/mol. The molecule has 1 N–H and O–H groups in total. The summed E-state index contributed by atoms with van der Waals surface area (Å²) in [5.41, 5.74) is 0. The number of rotatable bonds is 22. The predicted octanol–water partition coefficient (Wildman–Crippen LogP) is 4.11. The Bertz CT molecular complexity index is 442. The van der Waals surface area contributed by atoms with Gasteiger partial charge in [0.05, 0.1) is 16.2 Å². The van der Waals surface area contributed by atoms with Crippen molar-refractivity contribution in [2.75, 3.05) is 0 Å². The maximum absolute atomic E-state index is 11.5. The molecule has 0 aliphatic rings. The number of hydrogen-bond donors (Lipinski definition) is 1. The smallest absolute Gasteiger partial charge is 0.748 e. The quantitative estimate of drug-likeness (QED) is 0.146. The van der Waals surface area contributed by atoms with E-state index in [0.29, 0.717) is 25.7 Å². The molecule has 0 bridgehead atoms. The second-order valence-corrected chi connectivity index (χ2v) is 10.5. The molecule has 6 heteroatoms. The topological polar surface area (TPSA) is 77.4 Å². The maximum atomic E-state index is 11.5. The van der Waals surface area contributed by atoms with Gasteiger partial charge in [0.25, 0.3) is 0 Å². The van der Waals surface area contributed by atoms with E-state index in [1.165, 1.54) is 57.8 Å². The molecule has 0 aromatic heterocycles. The van der Waals surface area contributed by atoms with Crippen LogP contribution in [-0.4, -0.2) is 29.4 Å². The van der Waals surface area contributed by atoms with Gasteiger partial charge in [-0.2, -0.15) is 0 Å². The molecule has 0 rings (SSSR count). The first-order chi connectivity index (χ1) is 13.9. The van der Waals surface area contributed by atoms with Gasteiger partial charge in [-0.25, -0.2) is 8.42 Å². The van der Waals surface area contributed by atoms with Gasteiger partial charge in [0.15, 0.2) is 0 Å². The molecule has 4 nitrogen and oxygen atoms in total. The normalized spacial score (nSPS) is 13.7. The first kappa shape index (κ1) is 33.7. The monoisotopic (exact) mass is 472 g/mol. The molecule has 176 valence electrons. The van der Waals surface area contributed by atoms with Gasteiger partial charge < -0.3 is 9.66 Å². The van der Waals surface area contributed by atoms with Gasteiger partial charge >= 0.3 is 51.4 Å². The third-order valence-corrected chi connectivity index (χ3v) is 7.28. The van der Waals surface area contributed by atoms with E-state index < -0.39 is 15.4 Å². The van der Waals surface area contributed by atoms with Crippen LogP contribution >= 0.6 is 0 Å². The summed E-state index contributed by atoms with van der Waals surface area (Å²) in [7, 11) is -4.21. The predicted molar refractivity (Wildman–Crippen MR) is 123 cm³/mol. The summed E-state index contributed by atoms with van der Waals surface area (Å²) >= 11 is 0. The largest absolute Gasteiger partial charge is 1.00 e. The third-order valence-electron chi connectivity index (χ3n) is 5.99. The SMILES string of the molecule is CCCCCCCCCCCCCCC(CCCCC(O)CCCC)S(=O)(=O)[O-].[K+]. The van der Waals surface area contributed by atoms with Crippen LogP contribution in [-0.2, 0) is 10.1 Å². The van der Waals surface area contributed by atoms with Crippen LogP contribution in [0.15, 0.2) is 0 Å². The van der Waals surface area contributed by atoms with Crippen LogP contribution in [0.25, 0.3) is 0 Å². The number of hydrogen-bond acceptors (Lipinski definition) is 4. The summed E-state index contributed by atoms with van der Waals surface area (Å²) in [6.07, 6.45) is 20.7. The number of unbranched alkanes of at least 4 members (excludes halogenated alkanes) is 13. The first-order valence-electron chi connectivity index (χ1n) is 12.5. The van der Waals surface area contributed by atoms with E-state index in [2.05, 4.69) is 13.8 Å². The summed E-state index contributed by atoms with van der Waals surface area (Å²) < 4.78 is 34.6. The zero-order valence-electron chi connectivity index (χ0n) is 20.4. The molecule has 2 atom stereocenters. The van der Waals surface area contributed by atoms with E-state index in [1.54, 1.807) is 0 Å². The third kappa shape index (κ3) is 22.7. The van der Waals surface area contributed by atoms with Gasteiger partial charge in [-0.3, -0.25) is 0 Å². The average Bonchev–Trinajstić information content (AvgIpc) is 2.67. The zero-order chi connectivity index (χ0) is 21.8. The summed E-state index contributed by atoms with van der Waals surface area (Å²) in [4.78, 5) is 0. The van der Waals surface area contributed by atoms with E-state index in [4.69, 9.17) is 0 Å². The fourth-order valence-corrected chi connectivity index (χ4v) is 4.89. The Hall–Kier alpha value is 1.51. The molecule has 30 heavy (non-hydrogen) atoms. The Kier molecular flexibility index (Phi) is 26.6. The van der Waals surface area contributed by atoms with Crippen molar-refractivity contribution in [3.8, 4) is 0 Å². The minimum atomic E-state index is -4.21. The van der Waals surface area contributed by atoms with Crippen molar-refractivity contribution >= 4 is 10.1 Å². The Morgan fingerprint density at radius 3 is 1.37 bits per heavy atom. The van der Waals surface area contributed by atoms with Crippen LogP contribution in [0.3, 0.4) is 0 Å². The molecule has 0 spiro atoms. The Morgan fingerprint density at radius 2 is 0.933 bits per heavy atom. The van der Waals surface area contributed by atoms with Crippen molar-refractivity contribution in [1.82, 2.24) is 0 Å². The van der Waals surface area contributed by atoms with E-state index in [1.807, 2.05) is 0 Å². The summed E-state index contributed by atoms with van der Waals surface area (Å²) in [6.45, 7) is 4.35. The van der Waals surface area contributed by atoms with Gasteiger partial charge in [0, 0.05) is 5.25 Å². The van der Waals surface area contributed by atoms with Gasteiger partial charge in [0.2, 0.25) is 0 Å². The van der Waals surface area contributed by atoms with Crippen LogP contribution in [0.2, 0.25) is 0 Å². The van der Waals surface area contributed by atoms with E-state index in [9.17, 15) is 18.1 Å². The molecule has 0 radical (unpaired) electrons. The van der Waals surface area contributed by atoms with E-state index >= 15 is 0 Å². The van der Waals surface area contributed by atoms with E-state index in [0.717, 1.165) is 44.9 Å². The van der Waals surface area contributed by atoms with Crippen molar-refractivity contribution in [1.29, 1.82) is 0 Å². The first-order valence-corrected chi connectivity index (χ1v) is 14.0. The Morgan fingerprint density at radius 1 is 0.600 bits per heavy atom. The molecular formula is C24H49KO4S. The average molecular weight is 473 g/mol. The molecule has 0 saturated carbocycles. The van der Waals surface area contributed by atoms with E-state index in [-0.39, 0.29) is 57.5 Å². The van der Waals surface area contributed by atoms with Crippen LogP contribution in [0, 0.1) is 0 Å². The van der Waals surface area contributed by atoms with Crippen LogP contribution in [0.1, 0.15) is 142 Å². The van der Waals surface area contributed by atoms with Crippen LogP contribution in [0.4, 0.5) is 0 Å². The molecule has 0 aromatic carbocycles. The van der Waals surface area contributed by atoms with Crippen molar-refractivity contribution in [3.05, 3.63) is 0 Å². The summed E-state index contributed by atoms with van der Waals surface area (Å²) in [6, 6.07) is 0. The second-order valence-electron chi connectivity index (χ2n) is 8.87. The zero-order valence-corrected chi connectivity index (χ0v) is 24.3. The van der Waals surface area contributed by atoms with Gasteiger partial charge in [-0.1, -0.05) is 117 Å². The molecule has 0 fully saturated rings. The fourth-order valence-electron chi connectivity index (χ4n) is 3.98. The summed E-state index contributed by atoms with van der Waals surface area (Å²) in [5, 5.41) is 9.11. The number of aliphatic hydroxyl groups is 1. The summed E-state index contributed by atoms with van der Waals surface area (Å²) in [5.74, 6) is 0. The molecule has 2 unspecified atom stereocenters. The maximum Gasteiger partial charge on any atom is 1.00 e. The van der Waals surface area contributed by atoms with Crippen molar-refractivity contribution in [2.24, 2.45) is 0 Å². The van der Waals surface area contributed by atoms with Crippen LogP contribution in [0.5, 0.6) is 0 Å². The Labute approximate surface area is 230 Å². The van der Waals surface area contributed by atoms with Crippen molar-refractivity contribution in [3.63, 3.8) is 0 Å². The molecule has 0 saturated heterocycles. The molecule has 0 aliphatic heterocycles. The van der Waals surface area contributed by atoms with Crippen LogP contribution < -0.4 is 51.4 Å².